The van der Waals surface area contributed by atoms with Crippen molar-refractivity contribution in [3.05, 3.63) is 40.0 Å². The molecule has 0 bridgehead atoms. The van der Waals surface area contributed by atoms with Crippen molar-refractivity contribution in [1.82, 2.24) is 9.78 Å². The average molecular weight is 383 g/mol. The number of esters is 1. The van der Waals surface area contributed by atoms with Gasteiger partial charge in [0, 0.05) is 5.02 Å². The first kappa shape index (κ1) is 18.4. The Bertz CT molecular complexity index is 747. The first-order valence-corrected chi connectivity index (χ1v) is 7.38. The molecule has 1 aromatic carbocycles. The lowest BCUT2D eigenvalue weighted by Crippen LogP contribution is -2.18. The summed E-state index contributed by atoms with van der Waals surface area (Å²) in [5.41, 5.74) is -1.02. The molecule has 5 nitrogen and oxygen atoms in total. The normalized spacial score (nSPS) is 11.4. The maximum atomic E-state index is 13.1. The quantitative estimate of drug-likeness (QED) is 0.729. The molecule has 1 aromatic heterocycles. The maximum absolute atomic E-state index is 13.1. The summed E-state index contributed by atoms with van der Waals surface area (Å²) in [4.78, 5) is 11.4. The van der Waals surface area contributed by atoms with Crippen molar-refractivity contribution in [3.8, 4) is 11.6 Å². The molecular formula is C14H11Cl2F3N2O3. The van der Waals surface area contributed by atoms with Gasteiger partial charge in [-0.3, -0.25) is 0 Å². The third kappa shape index (κ3) is 4.12. The second kappa shape index (κ2) is 7.31. The minimum absolute atomic E-state index is 0.0697. The van der Waals surface area contributed by atoms with Gasteiger partial charge in [0.05, 0.1) is 23.5 Å². The van der Waals surface area contributed by atoms with Crippen molar-refractivity contribution in [3.63, 3.8) is 0 Å². The van der Waals surface area contributed by atoms with E-state index in [9.17, 15) is 18.0 Å². The van der Waals surface area contributed by atoms with Gasteiger partial charge in [-0.05, 0) is 25.1 Å². The van der Waals surface area contributed by atoms with Crippen molar-refractivity contribution in [1.29, 1.82) is 0 Å². The number of carbonyl (C=O) groups is 1. The Morgan fingerprint density at radius 3 is 2.62 bits per heavy atom. The number of carbonyl (C=O) groups excluding carboxylic acids is 1. The Morgan fingerprint density at radius 2 is 2.04 bits per heavy atom. The van der Waals surface area contributed by atoms with Crippen LogP contribution in [0.5, 0.6) is 5.88 Å². The fourth-order valence-corrected chi connectivity index (χ4v) is 2.31. The Morgan fingerprint density at radius 1 is 1.33 bits per heavy atom. The number of hydrogen-bond donors (Lipinski definition) is 0. The number of alkyl halides is 3. The molecule has 0 aliphatic heterocycles. The van der Waals surface area contributed by atoms with E-state index in [0.29, 0.717) is 11.2 Å². The van der Waals surface area contributed by atoms with Gasteiger partial charge in [-0.25, -0.2) is 4.79 Å². The zero-order valence-electron chi connectivity index (χ0n) is 12.2. The highest BCUT2D eigenvalue weighted by Gasteiger charge is 2.38. The highest BCUT2D eigenvalue weighted by Crippen LogP contribution is 2.38. The largest absolute Gasteiger partial charge is 0.465 e. The molecule has 0 saturated heterocycles. The van der Waals surface area contributed by atoms with Gasteiger partial charge in [0.2, 0.25) is 5.88 Å². The Balaban J connectivity index is 2.44. The molecule has 24 heavy (non-hydrogen) atoms. The standard InChI is InChI=1S/C14H11Cl2F3N2O3/c1-2-23-12(22)7-24-13-9(14(17,18)19)6-20-21(13)11-4-3-8(15)5-10(11)16/h3-6H,2,7H2,1H3. The van der Waals surface area contributed by atoms with E-state index in [-0.39, 0.29) is 17.3 Å². The number of aromatic nitrogens is 2. The summed E-state index contributed by atoms with van der Waals surface area (Å²) in [6, 6.07) is 4.17. The summed E-state index contributed by atoms with van der Waals surface area (Å²) in [5, 5.41) is 4.04. The molecule has 0 amide bonds. The smallest absolute Gasteiger partial charge is 0.423 e. The summed E-state index contributed by atoms with van der Waals surface area (Å²) in [6.45, 7) is 0.946. The van der Waals surface area contributed by atoms with Crippen molar-refractivity contribution < 1.29 is 27.4 Å². The lowest BCUT2D eigenvalue weighted by molar-refractivity contribution is -0.147. The van der Waals surface area contributed by atoms with Gasteiger partial charge in [0.15, 0.2) is 6.61 Å². The third-order valence-electron chi connectivity index (χ3n) is 2.80. The van der Waals surface area contributed by atoms with Crippen LogP contribution >= 0.6 is 23.2 Å². The fraction of sp³-hybridized carbons (Fsp3) is 0.286. The highest BCUT2D eigenvalue weighted by atomic mass is 35.5. The van der Waals surface area contributed by atoms with Crippen LogP contribution in [0.3, 0.4) is 0 Å². The molecular weight excluding hydrogens is 372 g/mol. The molecule has 0 N–H and O–H groups in total. The molecule has 0 unspecified atom stereocenters. The summed E-state index contributed by atoms with van der Waals surface area (Å²) in [7, 11) is 0. The minimum atomic E-state index is -4.72. The second-order valence-electron chi connectivity index (χ2n) is 4.46. The van der Waals surface area contributed by atoms with E-state index >= 15 is 0 Å². The molecule has 10 heteroatoms. The number of nitrogens with zero attached hydrogens (tertiary/aromatic N) is 2. The van der Waals surface area contributed by atoms with E-state index in [0.717, 1.165) is 4.68 Å². The molecule has 0 radical (unpaired) electrons. The van der Waals surface area contributed by atoms with Crippen LogP contribution in [0, 0.1) is 0 Å². The summed E-state index contributed by atoms with van der Waals surface area (Å²) < 4.78 is 49.8. The molecule has 2 rings (SSSR count). The summed E-state index contributed by atoms with van der Waals surface area (Å²) in [5.74, 6) is -1.47. The number of hydrogen-bond acceptors (Lipinski definition) is 4. The van der Waals surface area contributed by atoms with Gasteiger partial charge in [-0.1, -0.05) is 23.2 Å². The lowest BCUT2D eigenvalue weighted by Gasteiger charge is -2.13. The van der Waals surface area contributed by atoms with Crippen molar-refractivity contribution in [2.45, 2.75) is 13.1 Å². The molecule has 0 atom stereocenters. The van der Waals surface area contributed by atoms with E-state index in [1.54, 1.807) is 6.92 Å². The number of benzene rings is 1. The van der Waals surface area contributed by atoms with E-state index in [1.165, 1.54) is 18.2 Å². The zero-order chi connectivity index (χ0) is 17.9. The van der Waals surface area contributed by atoms with E-state index in [1.807, 2.05) is 0 Å². The minimum Gasteiger partial charge on any atom is -0.465 e. The van der Waals surface area contributed by atoms with Gasteiger partial charge in [-0.15, -0.1) is 0 Å². The van der Waals surface area contributed by atoms with Crippen LogP contribution in [0.15, 0.2) is 24.4 Å². The molecule has 0 aliphatic carbocycles. The molecule has 0 saturated carbocycles. The predicted octanol–water partition coefficient (Wildman–Crippen LogP) is 4.14. The van der Waals surface area contributed by atoms with Crippen LogP contribution in [0.25, 0.3) is 5.69 Å². The van der Waals surface area contributed by atoms with Gasteiger partial charge in [0.1, 0.15) is 5.56 Å². The van der Waals surface area contributed by atoms with Gasteiger partial charge in [-0.2, -0.15) is 23.0 Å². The average Bonchev–Trinajstić information content (AvgIpc) is 2.89. The molecule has 1 heterocycles. The molecule has 0 fully saturated rings. The van der Waals surface area contributed by atoms with Crippen molar-refractivity contribution in [2.24, 2.45) is 0 Å². The number of rotatable bonds is 5. The molecule has 0 spiro atoms. The van der Waals surface area contributed by atoms with Gasteiger partial charge < -0.3 is 9.47 Å². The summed E-state index contributed by atoms with van der Waals surface area (Å²) >= 11 is 11.8. The van der Waals surface area contributed by atoms with Crippen LogP contribution < -0.4 is 4.74 Å². The van der Waals surface area contributed by atoms with E-state index in [2.05, 4.69) is 9.84 Å². The highest BCUT2D eigenvalue weighted by molar-refractivity contribution is 6.35. The van der Waals surface area contributed by atoms with Gasteiger partial charge in [0.25, 0.3) is 0 Å². The van der Waals surface area contributed by atoms with Crippen LogP contribution in [0.1, 0.15) is 12.5 Å². The third-order valence-corrected chi connectivity index (χ3v) is 3.34. The predicted molar refractivity (Wildman–Crippen MR) is 80.7 cm³/mol. The van der Waals surface area contributed by atoms with Crippen molar-refractivity contribution >= 4 is 29.2 Å². The van der Waals surface area contributed by atoms with E-state index < -0.39 is 30.2 Å². The SMILES string of the molecule is CCOC(=O)COc1c(C(F)(F)F)cnn1-c1ccc(Cl)cc1Cl. The fourth-order valence-electron chi connectivity index (χ4n) is 1.83. The Kier molecular flexibility index (Phi) is 5.61. The van der Waals surface area contributed by atoms with E-state index in [4.69, 9.17) is 27.9 Å². The number of halogens is 5. The zero-order valence-corrected chi connectivity index (χ0v) is 13.7. The molecule has 2 aromatic rings. The van der Waals surface area contributed by atoms with Crippen molar-refractivity contribution in [2.75, 3.05) is 13.2 Å². The first-order chi connectivity index (χ1) is 11.2. The van der Waals surface area contributed by atoms with Crippen LogP contribution in [0.4, 0.5) is 13.2 Å². The molecule has 0 aliphatic rings. The second-order valence-corrected chi connectivity index (χ2v) is 5.31. The monoisotopic (exact) mass is 382 g/mol. The van der Waals surface area contributed by atoms with Crippen LogP contribution in [-0.4, -0.2) is 29.0 Å². The molecule has 130 valence electrons. The first-order valence-electron chi connectivity index (χ1n) is 6.63. The summed E-state index contributed by atoms with van der Waals surface area (Å²) in [6.07, 6.45) is -4.13. The van der Waals surface area contributed by atoms with Gasteiger partial charge >= 0.3 is 12.1 Å². The lowest BCUT2D eigenvalue weighted by atomic mass is 10.3. The maximum Gasteiger partial charge on any atom is 0.423 e. The number of ether oxygens (including phenoxy) is 2. The Labute approximate surface area is 144 Å². The Hall–Kier alpha value is -1.93. The van der Waals surface area contributed by atoms with Crippen LogP contribution in [-0.2, 0) is 15.7 Å². The topological polar surface area (TPSA) is 53.4 Å². The van der Waals surface area contributed by atoms with Crippen LogP contribution in [0.2, 0.25) is 10.0 Å².